The molecule has 0 radical (unpaired) electrons. The summed E-state index contributed by atoms with van der Waals surface area (Å²) in [6, 6.07) is 14.9. The Hall–Kier alpha value is -5.86. The molecule has 2 heterocycles. The molecule has 1 N–H and O–H groups in total. The Kier molecular flexibility index (Phi) is 8.76. The van der Waals surface area contributed by atoms with E-state index in [4.69, 9.17) is 0 Å². The molecule has 48 heavy (non-hydrogen) atoms. The first-order chi connectivity index (χ1) is 23.1. The predicted octanol–water partition coefficient (Wildman–Crippen LogP) is 4.17. The van der Waals surface area contributed by atoms with Crippen LogP contribution in [0.15, 0.2) is 73.3 Å². The maximum atomic E-state index is 13.4. The van der Waals surface area contributed by atoms with Crippen LogP contribution in [0, 0.1) is 20.2 Å². The van der Waals surface area contributed by atoms with Gasteiger partial charge in [-0.1, -0.05) is 30.3 Å². The van der Waals surface area contributed by atoms with E-state index in [-0.39, 0.29) is 35.6 Å². The van der Waals surface area contributed by atoms with Crippen molar-refractivity contribution in [3.05, 3.63) is 116 Å². The summed E-state index contributed by atoms with van der Waals surface area (Å²) >= 11 is 0. The van der Waals surface area contributed by atoms with Gasteiger partial charge in [-0.3, -0.25) is 54.1 Å². The molecule has 14 nitrogen and oxygen atoms in total. The number of nitro benzene ring substituents is 2. The molecule has 244 valence electrons. The number of nitro groups is 2. The van der Waals surface area contributed by atoms with Gasteiger partial charge in [0.15, 0.2) is 0 Å². The van der Waals surface area contributed by atoms with Gasteiger partial charge in [0.1, 0.15) is 0 Å². The standard InChI is InChI=1S/C34H30N6O8/c1-2-12-36(15-16-38-32(42)26-9-4-7-22-18-24(40(47)48)20-28(30(22)26)34(38)44)13-5-10-35-11-14-37-31(41)25-8-3-6-21-17-23(39(45)46)19-27(29(21)25)33(37)43/h2-4,6-9,17-20,35H,1,5,10-16H2. The Morgan fingerprint density at radius 1 is 0.688 bits per heavy atom. The van der Waals surface area contributed by atoms with Gasteiger partial charge in [-0.15, -0.1) is 6.58 Å². The van der Waals surface area contributed by atoms with E-state index in [2.05, 4.69) is 11.9 Å². The minimum absolute atomic E-state index is 0.0676. The van der Waals surface area contributed by atoms with Crippen molar-refractivity contribution in [3.63, 3.8) is 0 Å². The van der Waals surface area contributed by atoms with Gasteiger partial charge in [0.2, 0.25) is 0 Å². The molecule has 0 fully saturated rings. The SMILES string of the molecule is C=CCN(CCCNCCN1C(=O)c2cccc3cc([N+](=O)[O-])cc(c23)C1=O)CCN1C(=O)c2cccc3cc([N+](=O)[O-])cc(c23)C1=O. The van der Waals surface area contributed by atoms with Gasteiger partial charge in [-0.25, -0.2) is 0 Å². The molecule has 4 aromatic carbocycles. The van der Waals surface area contributed by atoms with Crippen molar-refractivity contribution in [2.24, 2.45) is 0 Å². The average Bonchev–Trinajstić information content (AvgIpc) is 3.07. The van der Waals surface area contributed by atoms with Gasteiger partial charge < -0.3 is 5.32 Å². The second kappa shape index (κ2) is 13.1. The lowest BCUT2D eigenvalue weighted by Gasteiger charge is -2.29. The van der Waals surface area contributed by atoms with E-state index in [0.29, 0.717) is 71.8 Å². The highest BCUT2D eigenvalue weighted by atomic mass is 16.6. The number of non-ortho nitro benzene ring substituents is 2. The summed E-state index contributed by atoms with van der Waals surface area (Å²) in [5.41, 5.74) is 0.441. The van der Waals surface area contributed by atoms with Crippen LogP contribution in [0.2, 0.25) is 0 Å². The molecule has 0 spiro atoms. The third-order valence-corrected chi connectivity index (χ3v) is 8.61. The van der Waals surface area contributed by atoms with Crippen molar-refractivity contribution in [2.45, 2.75) is 6.42 Å². The lowest BCUT2D eigenvalue weighted by atomic mass is 9.93. The highest BCUT2D eigenvalue weighted by Gasteiger charge is 2.35. The van der Waals surface area contributed by atoms with Crippen molar-refractivity contribution in [2.75, 3.05) is 45.8 Å². The molecule has 0 atom stereocenters. The van der Waals surface area contributed by atoms with Crippen LogP contribution in [0.25, 0.3) is 21.5 Å². The monoisotopic (exact) mass is 650 g/mol. The number of carbonyl (C=O) groups excluding carboxylic acids is 4. The minimum atomic E-state index is -0.582. The van der Waals surface area contributed by atoms with E-state index in [0.717, 1.165) is 9.80 Å². The van der Waals surface area contributed by atoms with Crippen LogP contribution in [0.1, 0.15) is 47.9 Å². The molecule has 2 aliphatic heterocycles. The molecule has 14 heteroatoms. The summed E-state index contributed by atoms with van der Waals surface area (Å²) in [5, 5.41) is 27.9. The number of amides is 4. The van der Waals surface area contributed by atoms with Crippen molar-refractivity contribution < 1.29 is 29.0 Å². The summed E-state index contributed by atoms with van der Waals surface area (Å²) in [6.45, 7) is 6.18. The lowest BCUT2D eigenvalue weighted by Crippen LogP contribution is -2.45. The van der Waals surface area contributed by atoms with Crippen LogP contribution in [-0.4, -0.2) is 94.0 Å². The number of nitrogens with zero attached hydrogens (tertiary/aromatic N) is 5. The Balaban J connectivity index is 1.03. The highest BCUT2D eigenvalue weighted by molar-refractivity contribution is 6.26. The van der Waals surface area contributed by atoms with Gasteiger partial charge in [-0.2, -0.15) is 0 Å². The highest BCUT2D eigenvalue weighted by Crippen LogP contribution is 2.34. The maximum absolute atomic E-state index is 13.4. The summed E-state index contributed by atoms with van der Waals surface area (Å²) in [6.07, 6.45) is 2.36. The average molecular weight is 651 g/mol. The first-order valence-corrected chi connectivity index (χ1v) is 15.3. The van der Waals surface area contributed by atoms with Crippen molar-refractivity contribution in [1.29, 1.82) is 0 Å². The smallest absolute Gasteiger partial charge is 0.270 e. The fraction of sp³-hybridized carbons (Fsp3) is 0.235. The Bertz CT molecular complexity index is 2060. The van der Waals surface area contributed by atoms with E-state index < -0.39 is 33.5 Å². The molecule has 0 unspecified atom stereocenters. The topological polar surface area (TPSA) is 176 Å². The number of hydrogen-bond acceptors (Lipinski definition) is 10. The third kappa shape index (κ3) is 5.78. The molecule has 0 aliphatic carbocycles. The minimum Gasteiger partial charge on any atom is -0.315 e. The zero-order chi connectivity index (χ0) is 34.1. The second-order valence-corrected chi connectivity index (χ2v) is 11.5. The number of nitrogens with one attached hydrogen (secondary N) is 1. The molecule has 4 amide bonds. The van der Waals surface area contributed by atoms with Crippen molar-refractivity contribution >= 4 is 56.5 Å². The molecule has 0 bridgehead atoms. The van der Waals surface area contributed by atoms with Crippen LogP contribution in [-0.2, 0) is 0 Å². The first kappa shape index (κ1) is 32.1. The second-order valence-electron chi connectivity index (χ2n) is 11.5. The molecule has 6 rings (SSSR count). The van der Waals surface area contributed by atoms with Gasteiger partial charge in [0.05, 0.1) is 21.0 Å². The normalized spacial score (nSPS) is 14.0. The Morgan fingerprint density at radius 2 is 1.19 bits per heavy atom. The predicted molar refractivity (Wildman–Crippen MR) is 176 cm³/mol. The maximum Gasteiger partial charge on any atom is 0.270 e. The van der Waals surface area contributed by atoms with Crippen LogP contribution in [0.5, 0.6) is 0 Å². The summed E-state index contributed by atoms with van der Waals surface area (Å²) in [5.74, 6) is -2.08. The van der Waals surface area contributed by atoms with Gasteiger partial charge in [0.25, 0.3) is 35.0 Å². The van der Waals surface area contributed by atoms with Crippen molar-refractivity contribution in [1.82, 2.24) is 20.0 Å². The van der Waals surface area contributed by atoms with E-state index in [9.17, 15) is 39.4 Å². The zero-order valence-corrected chi connectivity index (χ0v) is 25.7. The van der Waals surface area contributed by atoms with Gasteiger partial charge in [0, 0.05) is 78.9 Å². The summed E-state index contributed by atoms with van der Waals surface area (Å²) < 4.78 is 0. The molecule has 4 aromatic rings. The first-order valence-electron chi connectivity index (χ1n) is 15.3. The van der Waals surface area contributed by atoms with E-state index in [1.807, 2.05) is 4.90 Å². The van der Waals surface area contributed by atoms with Crippen molar-refractivity contribution in [3.8, 4) is 0 Å². The third-order valence-electron chi connectivity index (χ3n) is 8.61. The van der Waals surface area contributed by atoms with Crippen LogP contribution in [0.4, 0.5) is 11.4 Å². The van der Waals surface area contributed by atoms with Gasteiger partial charge in [-0.05, 0) is 42.4 Å². The number of hydrogen-bond donors (Lipinski definition) is 1. The Morgan fingerprint density at radius 3 is 1.69 bits per heavy atom. The lowest BCUT2D eigenvalue weighted by molar-refractivity contribution is -0.384. The largest absolute Gasteiger partial charge is 0.315 e. The molecule has 0 saturated heterocycles. The molecule has 0 saturated carbocycles. The summed E-state index contributed by atoms with van der Waals surface area (Å²) in [4.78, 5) is 79.1. The summed E-state index contributed by atoms with van der Waals surface area (Å²) in [7, 11) is 0. The zero-order valence-electron chi connectivity index (χ0n) is 25.7. The number of benzene rings is 4. The molecular formula is C34H30N6O8. The van der Waals surface area contributed by atoms with Crippen LogP contribution >= 0.6 is 0 Å². The Labute approximate surface area is 273 Å². The quantitative estimate of drug-likeness (QED) is 0.0685. The number of carbonyl (C=O) groups is 4. The van der Waals surface area contributed by atoms with E-state index in [1.54, 1.807) is 42.5 Å². The van der Waals surface area contributed by atoms with Crippen LogP contribution in [0.3, 0.4) is 0 Å². The molecule has 0 aromatic heterocycles. The number of imide groups is 2. The van der Waals surface area contributed by atoms with E-state index in [1.165, 1.54) is 24.3 Å². The van der Waals surface area contributed by atoms with Crippen LogP contribution < -0.4 is 5.32 Å². The fourth-order valence-electron chi connectivity index (χ4n) is 6.36. The molecule has 2 aliphatic rings. The van der Waals surface area contributed by atoms with E-state index >= 15 is 0 Å². The fourth-order valence-corrected chi connectivity index (χ4v) is 6.36. The van der Waals surface area contributed by atoms with Gasteiger partial charge >= 0.3 is 0 Å². The number of rotatable bonds is 14. The molecular weight excluding hydrogens is 620 g/mol.